The molecule has 1 heterocycles. The van der Waals surface area contributed by atoms with Gasteiger partial charge in [0.2, 0.25) is 0 Å². The normalized spacial score (nSPS) is 11.2. The molecule has 0 aliphatic carbocycles. The number of fused-ring (bicyclic) bond motifs is 1. The molecule has 0 radical (unpaired) electrons. The van der Waals surface area contributed by atoms with Gasteiger partial charge in [-0.25, -0.2) is 0 Å². The van der Waals surface area contributed by atoms with Gasteiger partial charge in [0.05, 0.1) is 0 Å². The van der Waals surface area contributed by atoms with Crippen LogP contribution in [-0.2, 0) is 6.42 Å². The second kappa shape index (κ2) is 5.30. The van der Waals surface area contributed by atoms with Gasteiger partial charge >= 0.3 is 7.32 Å². The van der Waals surface area contributed by atoms with Crippen molar-refractivity contribution in [2.45, 2.75) is 27.2 Å². The van der Waals surface area contributed by atoms with Gasteiger partial charge in [0, 0.05) is 15.0 Å². The molecule has 2 aromatic rings. The Morgan fingerprint density at radius 2 is 2.06 bits per heavy atom. The first-order valence-electron chi connectivity index (χ1n) is 6.02. The number of thiophene rings is 1. The van der Waals surface area contributed by atoms with Crippen LogP contribution in [0.2, 0.25) is 0 Å². The van der Waals surface area contributed by atoms with Crippen molar-refractivity contribution in [3.8, 4) is 5.75 Å². The maximum atomic E-state index is 8.96. The summed E-state index contributed by atoms with van der Waals surface area (Å²) in [6, 6.07) is 6.27. The third-order valence-electron chi connectivity index (χ3n) is 2.74. The fourth-order valence-electron chi connectivity index (χ4n) is 2.09. The van der Waals surface area contributed by atoms with E-state index in [1.165, 1.54) is 5.56 Å². The topological polar surface area (TPSA) is 49.7 Å². The van der Waals surface area contributed by atoms with E-state index >= 15 is 0 Å². The van der Waals surface area contributed by atoms with Gasteiger partial charge in [-0.3, -0.25) is 0 Å². The quantitative estimate of drug-likeness (QED) is 0.835. The average Bonchev–Trinajstić information content (AvgIpc) is 2.54. The Kier molecular flexibility index (Phi) is 3.95. The lowest BCUT2D eigenvalue weighted by Gasteiger charge is -2.07. The summed E-state index contributed by atoms with van der Waals surface area (Å²) in [5, 5.41) is 18.9. The lowest BCUT2D eigenvalue weighted by molar-refractivity contribution is 0.289. The summed E-state index contributed by atoms with van der Waals surface area (Å²) in [7, 11) is -1.77. The molecule has 0 bridgehead atoms. The van der Waals surface area contributed by atoms with Crippen LogP contribution in [0, 0.1) is 12.8 Å². The van der Waals surface area contributed by atoms with Crippen molar-refractivity contribution >= 4 is 28.7 Å². The van der Waals surface area contributed by atoms with Crippen molar-refractivity contribution in [2.75, 3.05) is 0 Å². The largest absolute Gasteiger partial charge is 0.707 e. The van der Waals surface area contributed by atoms with Gasteiger partial charge in [-0.05, 0) is 37.0 Å². The molecule has 0 atom stereocenters. The standard InChI is InChI=1S/C13H17BO3S/c1-8(2)6-10-4-5-12-11(7-10)13(9(3)18-12)17-14(15)16/h4-5,7-8,15-16H,6H2,1-3H3. The van der Waals surface area contributed by atoms with E-state index in [9.17, 15) is 0 Å². The van der Waals surface area contributed by atoms with Crippen LogP contribution in [0.1, 0.15) is 24.3 Å². The molecule has 1 aromatic carbocycles. The van der Waals surface area contributed by atoms with Crippen LogP contribution >= 0.6 is 11.3 Å². The summed E-state index contributed by atoms with van der Waals surface area (Å²) < 4.78 is 6.19. The highest BCUT2D eigenvalue weighted by Gasteiger charge is 2.18. The average molecular weight is 264 g/mol. The van der Waals surface area contributed by atoms with Crippen molar-refractivity contribution < 1.29 is 14.7 Å². The molecule has 0 unspecified atom stereocenters. The second-order valence-electron chi connectivity index (χ2n) is 4.86. The van der Waals surface area contributed by atoms with Crippen LogP contribution in [0.3, 0.4) is 0 Å². The number of hydrogen-bond donors (Lipinski definition) is 2. The van der Waals surface area contributed by atoms with E-state index in [1.54, 1.807) is 11.3 Å². The van der Waals surface area contributed by atoms with Gasteiger partial charge < -0.3 is 14.7 Å². The molecule has 96 valence electrons. The molecular weight excluding hydrogens is 247 g/mol. The van der Waals surface area contributed by atoms with Gasteiger partial charge in [-0.2, -0.15) is 0 Å². The second-order valence-corrected chi connectivity index (χ2v) is 6.12. The van der Waals surface area contributed by atoms with E-state index in [0.717, 1.165) is 21.4 Å². The number of aryl methyl sites for hydroxylation is 1. The number of benzene rings is 1. The smallest absolute Gasteiger partial charge is 0.511 e. The summed E-state index contributed by atoms with van der Waals surface area (Å²) in [5.41, 5.74) is 1.24. The maximum Gasteiger partial charge on any atom is 0.707 e. The number of rotatable bonds is 4. The lowest BCUT2D eigenvalue weighted by atomic mass is 10.0. The predicted octanol–water partition coefficient (Wildman–Crippen LogP) is 2.76. The minimum absolute atomic E-state index is 0.579. The van der Waals surface area contributed by atoms with E-state index in [2.05, 4.69) is 32.0 Å². The predicted molar refractivity (Wildman–Crippen MR) is 75.9 cm³/mol. The first-order chi connectivity index (χ1) is 8.47. The van der Waals surface area contributed by atoms with Crippen LogP contribution in [-0.4, -0.2) is 17.4 Å². The van der Waals surface area contributed by atoms with Gasteiger partial charge in [-0.1, -0.05) is 19.9 Å². The molecular formula is C13H17BO3S. The SMILES string of the molecule is Cc1sc2ccc(CC(C)C)cc2c1OB(O)O. The Labute approximate surface area is 111 Å². The molecule has 18 heavy (non-hydrogen) atoms. The Bertz CT molecular complexity index is 548. The summed E-state index contributed by atoms with van der Waals surface area (Å²) in [6.45, 7) is 6.28. The molecule has 0 aliphatic heterocycles. The Morgan fingerprint density at radius 1 is 1.33 bits per heavy atom. The van der Waals surface area contributed by atoms with E-state index in [1.807, 2.05) is 6.92 Å². The van der Waals surface area contributed by atoms with Crippen LogP contribution in [0.15, 0.2) is 18.2 Å². The van der Waals surface area contributed by atoms with Crippen LogP contribution < -0.4 is 4.65 Å². The van der Waals surface area contributed by atoms with Gasteiger partial charge in [0.1, 0.15) is 5.75 Å². The highest BCUT2D eigenvalue weighted by molar-refractivity contribution is 7.19. The fraction of sp³-hybridized carbons (Fsp3) is 0.385. The Balaban J connectivity index is 2.45. The minimum atomic E-state index is -1.77. The van der Waals surface area contributed by atoms with Crippen molar-refractivity contribution in [3.05, 3.63) is 28.6 Å². The molecule has 0 saturated heterocycles. The van der Waals surface area contributed by atoms with E-state index < -0.39 is 7.32 Å². The van der Waals surface area contributed by atoms with Crippen molar-refractivity contribution in [1.29, 1.82) is 0 Å². The van der Waals surface area contributed by atoms with Crippen molar-refractivity contribution in [2.24, 2.45) is 5.92 Å². The van der Waals surface area contributed by atoms with Gasteiger partial charge in [0.15, 0.2) is 0 Å². The molecule has 0 aliphatic rings. The maximum absolute atomic E-state index is 8.96. The van der Waals surface area contributed by atoms with E-state index in [-0.39, 0.29) is 0 Å². The third-order valence-corrected chi connectivity index (χ3v) is 3.81. The molecule has 2 N–H and O–H groups in total. The van der Waals surface area contributed by atoms with Crippen molar-refractivity contribution in [3.63, 3.8) is 0 Å². The molecule has 3 nitrogen and oxygen atoms in total. The summed E-state index contributed by atoms with van der Waals surface area (Å²) in [4.78, 5) is 0.958. The Hall–Kier alpha value is -1.04. The minimum Gasteiger partial charge on any atom is -0.511 e. The molecule has 0 fully saturated rings. The van der Waals surface area contributed by atoms with Gasteiger partial charge in [-0.15, -0.1) is 11.3 Å². The van der Waals surface area contributed by atoms with E-state index in [4.69, 9.17) is 14.7 Å². The first-order valence-corrected chi connectivity index (χ1v) is 6.84. The molecule has 2 rings (SSSR count). The van der Waals surface area contributed by atoms with Crippen molar-refractivity contribution in [1.82, 2.24) is 0 Å². The van der Waals surface area contributed by atoms with Crippen LogP contribution in [0.5, 0.6) is 5.75 Å². The first kappa shape index (κ1) is 13.4. The molecule has 0 spiro atoms. The third kappa shape index (κ3) is 2.86. The fourth-order valence-corrected chi connectivity index (χ4v) is 3.07. The Morgan fingerprint density at radius 3 is 2.67 bits per heavy atom. The van der Waals surface area contributed by atoms with Crippen LogP contribution in [0.25, 0.3) is 10.1 Å². The van der Waals surface area contributed by atoms with Gasteiger partial charge in [0.25, 0.3) is 0 Å². The van der Waals surface area contributed by atoms with E-state index in [0.29, 0.717) is 11.7 Å². The zero-order valence-corrected chi connectivity index (χ0v) is 11.6. The molecule has 5 heteroatoms. The molecule has 0 saturated carbocycles. The van der Waals surface area contributed by atoms with Crippen LogP contribution in [0.4, 0.5) is 0 Å². The monoisotopic (exact) mass is 264 g/mol. The highest BCUT2D eigenvalue weighted by Crippen LogP contribution is 2.38. The summed E-state index contributed by atoms with van der Waals surface area (Å²) >= 11 is 1.60. The molecule has 1 aromatic heterocycles. The highest BCUT2D eigenvalue weighted by atomic mass is 32.1. The zero-order chi connectivity index (χ0) is 13.3. The molecule has 0 amide bonds. The number of hydrogen-bond acceptors (Lipinski definition) is 4. The lowest BCUT2D eigenvalue weighted by Crippen LogP contribution is -2.20. The summed E-state index contributed by atoms with van der Waals surface area (Å²) in [5.74, 6) is 1.17. The zero-order valence-electron chi connectivity index (χ0n) is 10.8. The summed E-state index contributed by atoms with van der Waals surface area (Å²) in [6.07, 6.45) is 1.01.